The molecule has 0 radical (unpaired) electrons. The molecule has 19 heavy (non-hydrogen) atoms. The van der Waals surface area contributed by atoms with E-state index in [9.17, 15) is 4.79 Å². The molecule has 0 aliphatic carbocycles. The van der Waals surface area contributed by atoms with Crippen molar-refractivity contribution in [2.75, 3.05) is 6.54 Å². The Hall–Kier alpha value is -1.35. The van der Waals surface area contributed by atoms with Crippen LogP contribution in [0.3, 0.4) is 0 Å². The second-order valence-electron chi connectivity index (χ2n) is 5.83. The monoisotopic (exact) mass is 258 g/mol. The number of carbonyl (C=O) groups excluding carboxylic acids is 1. The van der Waals surface area contributed by atoms with Crippen LogP contribution in [-0.4, -0.2) is 29.4 Å². The summed E-state index contributed by atoms with van der Waals surface area (Å²) < 4.78 is 0. The highest BCUT2D eigenvalue weighted by Gasteiger charge is 2.29. The molecule has 3 nitrogen and oxygen atoms in total. The van der Waals surface area contributed by atoms with Gasteiger partial charge in [-0.25, -0.2) is 0 Å². The van der Waals surface area contributed by atoms with E-state index in [4.69, 9.17) is 0 Å². The fourth-order valence-electron chi connectivity index (χ4n) is 3.24. The highest BCUT2D eigenvalue weighted by molar-refractivity contribution is 5.82. The van der Waals surface area contributed by atoms with Gasteiger partial charge in [0.25, 0.3) is 0 Å². The molecule has 0 aromatic heterocycles. The number of piperidine rings is 1. The second-order valence-corrected chi connectivity index (χ2v) is 5.83. The van der Waals surface area contributed by atoms with Crippen LogP contribution in [0.1, 0.15) is 37.3 Å². The number of rotatable bonds is 1. The Bertz CT molecular complexity index is 472. The summed E-state index contributed by atoms with van der Waals surface area (Å²) >= 11 is 0. The molecule has 2 atom stereocenters. The SMILES string of the molecule is CC1CCCC(C(=O)N2CCc3ccccc3C2)N1. The zero-order chi connectivity index (χ0) is 13.2. The molecule has 0 spiro atoms. The average molecular weight is 258 g/mol. The zero-order valence-corrected chi connectivity index (χ0v) is 11.6. The van der Waals surface area contributed by atoms with Crippen molar-refractivity contribution in [1.29, 1.82) is 0 Å². The quantitative estimate of drug-likeness (QED) is 0.836. The Kier molecular flexibility index (Phi) is 3.56. The van der Waals surface area contributed by atoms with E-state index in [1.54, 1.807) is 0 Å². The number of hydrogen-bond acceptors (Lipinski definition) is 2. The van der Waals surface area contributed by atoms with Crippen molar-refractivity contribution in [2.24, 2.45) is 0 Å². The Balaban J connectivity index is 1.69. The lowest BCUT2D eigenvalue weighted by Gasteiger charge is -2.35. The van der Waals surface area contributed by atoms with Crippen molar-refractivity contribution in [2.45, 2.75) is 51.2 Å². The number of fused-ring (bicyclic) bond motifs is 1. The molecule has 1 aromatic carbocycles. The van der Waals surface area contributed by atoms with E-state index in [2.05, 4.69) is 36.5 Å². The van der Waals surface area contributed by atoms with Crippen LogP contribution in [0.2, 0.25) is 0 Å². The van der Waals surface area contributed by atoms with Gasteiger partial charge in [-0.3, -0.25) is 4.79 Å². The number of nitrogens with zero attached hydrogens (tertiary/aromatic N) is 1. The van der Waals surface area contributed by atoms with Crippen molar-refractivity contribution in [3.63, 3.8) is 0 Å². The number of nitrogens with one attached hydrogen (secondary N) is 1. The number of hydrogen-bond donors (Lipinski definition) is 1. The van der Waals surface area contributed by atoms with E-state index in [1.165, 1.54) is 17.5 Å². The summed E-state index contributed by atoms with van der Waals surface area (Å²) in [5.41, 5.74) is 2.71. The minimum Gasteiger partial charge on any atom is -0.337 e. The lowest BCUT2D eigenvalue weighted by molar-refractivity contribution is -0.135. The standard InChI is InChI=1S/C16H22N2O/c1-12-5-4-8-15(17-12)16(19)18-10-9-13-6-2-3-7-14(13)11-18/h2-3,6-7,12,15,17H,4-5,8-11H2,1H3. The molecular weight excluding hydrogens is 236 g/mol. The van der Waals surface area contributed by atoms with Gasteiger partial charge < -0.3 is 10.2 Å². The zero-order valence-electron chi connectivity index (χ0n) is 11.6. The van der Waals surface area contributed by atoms with Gasteiger partial charge in [0, 0.05) is 19.1 Å². The molecule has 2 unspecified atom stereocenters. The van der Waals surface area contributed by atoms with E-state index in [0.29, 0.717) is 11.9 Å². The molecule has 1 amide bonds. The topological polar surface area (TPSA) is 32.3 Å². The Morgan fingerprint density at radius 2 is 2.05 bits per heavy atom. The van der Waals surface area contributed by atoms with Gasteiger partial charge in [-0.1, -0.05) is 24.3 Å². The van der Waals surface area contributed by atoms with Gasteiger partial charge >= 0.3 is 0 Å². The van der Waals surface area contributed by atoms with Crippen molar-refractivity contribution in [3.05, 3.63) is 35.4 Å². The maximum atomic E-state index is 12.6. The maximum Gasteiger partial charge on any atom is 0.240 e. The third-order valence-corrected chi connectivity index (χ3v) is 4.36. The summed E-state index contributed by atoms with van der Waals surface area (Å²) in [6.07, 6.45) is 4.33. The molecule has 1 saturated heterocycles. The fraction of sp³-hybridized carbons (Fsp3) is 0.562. The summed E-state index contributed by atoms with van der Waals surface area (Å²) in [6.45, 7) is 3.81. The van der Waals surface area contributed by atoms with Crippen LogP contribution < -0.4 is 5.32 Å². The van der Waals surface area contributed by atoms with Crippen molar-refractivity contribution >= 4 is 5.91 Å². The lowest BCUT2D eigenvalue weighted by Crippen LogP contribution is -2.52. The fourth-order valence-corrected chi connectivity index (χ4v) is 3.24. The molecule has 1 fully saturated rings. The van der Waals surface area contributed by atoms with Gasteiger partial charge in [-0.15, -0.1) is 0 Å². The van der Waals surface area contributed by atoms with Gasteiger partial charge in [-0.05, 0) is 43.7 Å². The van der Waals surface area contributed by atoms with Crippen LogP contribution in [0.4, 0.5) is 0 Å². The average Bonchev–Trinajstić information content (AvgIpc) is 2.46. The second kappa shape index (κ2) is 5.33. The smallest absolute Gasteiger partial charge is 0.240 e. The maximum absolute atomic E-state index is 12.6. The molecule has 2 aliphatic heterocycles. The van der Waals surface area contributed by atoms with Crippen molar-refractivity contribution in [3.8, 4) is 0 Å². The Labute approximate surface area is 115 Å². The van der Waals surface area contributed by atoms with Crippen LogP contribution in [0, 0.1) is 0 Å². The summed E-state index contributed by atoms with van der Waals surface area (Å²) in [5.74, 6) is 0.293. The van der Waals surface area contributed by atoms with Gasteiger partial charge in [-0.2, -0.15) is 0 Å². The van der Waals surface area contributed by atoms with Crippen LogP contribution in [0.25, 0.3) is 0 Å². The van der Waals surface area contributed by atoms with E-state index in [0.717, 1.165) is 32.4 Å². The predicted molar refractivity (Wildman–Crippen MR) is 75.8 cm³/mol. The van der Waals surface area contributed by atoms with Gasteiger partial charge in [0.1, 0.15) is 0 Å². The third-order valence-electron chi connectivity index (χ3n) is 4.36. The molecule has 3 rings (SSSR count). The largest absolute Gasteiger partial charge is 0.337 e. The number of benzene rings is 1. The van der Waals surface area contributed by atoms with Gasteiger partial charge in [0.2, 0.25) is 5.91 Å². The minimum absolute atomic E-state index is 0.0361. The molecule has 2 aliphatic rings. The summed E-state index contributed by atoms with van der Waals surface area (Å²) in [7, 11) is 0. The van der Waals surface area contributed by atoms with E-state index < -0.39 is 0 Å². The predicted octanol–water partition coefficient (Wildman–Crippen LogP) is 2.10. The van der Waals surface area contributed by atoms with E-state index in [-0.39, 0.29) is 6.04 Å². The third kappa shape index (κ3) is 2.66. The molecule has 1 aromatic rings. The number of carbonyl (C=O) groups is 1. The highest BCUT2D eigenvalue weighted by Crippen LogP contribution is 2.21. The minimum atomic E-state index is 0.0361. The van der Waals surface area contributed by atoms with E-state index in [1.807, 2.05) is 4.90 Å². The molecule has 1 N–H and O–H groups in total. The lowest BCUT2D eigenvalue weighted by atomic mass is 9.96. The van der Waals surface area contributed by atoms with Crippen LogP contribution in [0.5, 0.6) is 0 Å². The van der Waals surface area contributed by atoms with Gasteiger partial charge in [0.15, 0.2) is 0 Å². The first-order chi connectivity index (χ1) is 9.24. The van der Waals surface area contributed by atoms with Crippen molar-refractivity contribution in [1.82, 2.24) is 10.2 Å². The van der Waals surface area contributed by atoms with E-state index >= 15 is 0 Å². The first kappa shape index (κ1) is 12.7. The molecule has 102 valence electrons. The molecule has 0 bridgehead atoms. The first-order valence-electron chi connectivity index (χ1n) is 7.35. The summed E-state index contributed by atoms with van der Waals surface area (Å²) in [6, 6.07) is 8.98. The number of amides is 1. The summed E-state index contributed by atoms with van der Waals surface area (Å²) in [5, 5.41) is 3.45. The Morgan fingerprint density at radius 3 is 2.84 bits per heavy atom. The van der Waals surface area contributed by atoms with Crippen LogP contribution >= 0.6 is 0 Å². The molecular formula is C16H22N2O. The molecule has 0 saturated carbocycles. The highest BCUT2D eigenvalue weighted by atomic mass is 16.2. The van der Waals surface area contributed by atoms with Gasteiger partial charge in [0.05, 0.1) is 6.04 Å². The normalized spacial score (nSPS) is 26.9. The van der Waals surface area contributed by atoms with Crippen molar-refractivity contribution < 1.29 is 4.79 Å². The summed E-state index contributed by atoms with van der Waals surface area (Å²) in [4.78, 5) is 14.6. The first-order valence-corrected chi connectivity index (χ1v) is 7.35. The van der Waals surface area contributed by atoms with Crippen LogP contribution in [0.15, 0.2) is 24.3 Å². The van der Waals surface area contributed by atoms with Crippen LogP contribution in [-0.2, 0) is 17.8 Å². The molecule has 2 heterocycles. The Morgan fingerprint density at radius 1 is 1.26 bits per heavy atom. The molecule has 3 heteroatoms.